The molecule has 6 rings (SSSR count). The van der Waals surface area contributed by atoms with Gasteiger partial charge in [0.2, 0.25) is 0 Å². The molecule has 165 valence electrons. The van der Waals surface area contributed by atoms with E-state index in [1.165, 1.54) is 0 Å². The Balaban J connectivity index is 0.000000346. The first-order valence-corrected chi connectivity index (χ1v) is 8.12. The van der Waals surface area contributed by atoms with Gasteiger partial charge >= 0.3 is 0 Å². The minimum absolute atomic E-state index is 0. The smallest absolute Gasteiger partial charge is 0 e. The molecule has 0 saturated heterocycles. The van der Waals surface area contributed by atoms with Gasteiger partial charge in [0.15, 0.2) is 0 Å². The standard InChI is InChI=1S/6C3H3N2.Co/c6*1-2-5-3-4-1;/h6*1-2H,(H,4,5);/q6*-1;. The Bertz CT molecular complexity index is 578. The maximum atomic E-state index is 3.54. The minimum atomic E-state index is 0. The largest absolute Gasteiger partial charge is 0.467 e. The molecule has 0 spiro atoms. The van der Waals surface area contributed by atoms with Crippen molar-refractivity contribution in [2.24, 2.45) is 0 Å². The van der Waals surface area contributed by atoms with Gasteiger partial charge in [-0.15, -0.1) is 74.4 Å². The van der Waals surface area contributed by atoms with E-state index in [1.807, 2.05) is 0 Å². The minimum Gasteiger partial charge on any atom is -0.467 e. The van der Waals surface area contributed by atoms with E-state index in [1.54, 1.807) is 74.4 Å². The molecule has 31 heavy (non-hydrogen) atoms. The van der Waals surface area contributed by atoms with Crippen LogP contribution in [-0.4, -0.2) is 59.8 Å². The number of H-pyrrole nitrogens is 6. The maximum Gasteiger partial charge on any atom is 0 e. The summed E-state index contributed by atoms with van der Waals surface area (Å²) in [5, 5.41) is 0. The fourth-order valence-electron chi connectivity index (χ4n) is 1.12. The van der Waals surface area contributed by atoms with Crippen molar-refractivity contribution in [2.45, 2.75) is 0 Å². The molecule has 6 aromatic heterocycles. The zero-order valence-electron chi connectivity index (χ0n) is 15.9. The first-order valence-electron chi connectivity index (χ1n) is 8.12. The van der Waals surface area contributed by atoms with Crippen molar-refractivity contribution in [1.29, 1.82) is 0 Å². The number of rotatable bonds is 0. The van der Waals surface area contributed by atoms with Gasteiger partial charge in [0.1, 0.15) is 0 Å². The summed E-state index contributed by atoms with van der Waals surface area (Å²) >= 11 is 0. The maximum absolute atomic E-state index is 3.54. The van der Waals surface area contributed by atoms with Crippen molar-refractivity contribution in [3.8, 4) is 0 Å². The molecule has 0 bridgehead atoms. The predicted octanol–water partition coefficient (Wildman–Crippen LogP) is 1.26. The molecular formula is C18H18CoN12-6. The Morgan fingerprint density at radius 1 is 0.323 bits per heavy atom. The van der Waals surface area contributed by atoms with Crippen molar-refractivity contribution in [1.82, 2.24) is 59.8 Å². The molecule has 0 aromatic carbocycles. The van der Waals surface area contributed by atoms with Gasteiger partial charge in [-0.25, -0.2) is 0 Å². The van der Waals surface area contributed by atoms with E-state index in [9.17, 15) is 0 Å². The van der Waals surface area contributed by atoms with Crippen LogP contribution in [0.3, 0.4) is 0 Å². The zero-order chi connectivity index (χ0) is 21.2. The van der Waals surface area contributed by atoms with E-state index in [0.29, 0.717) is 0 Å². The second-order valence-corrected chi connectivity index (χ2v) is 4.21. The van der Waals surface area contributed by atoms with Crippen LogP contribution >= 0.6 is 0 Å². The van der Waals surface area contributed by atoms with Crippen LogP contribution < -0.4 is 0 Å². The average molecular weight is 461 g/mol. The fourth-order valence-corrected chi connectivity index (χ4v) is 1.12. The quantitative estimate of drug-likeness (QED) is 0.186. The van der Waals surface area contributed by atoms with Gasteiger partial charge in [0.25, 0.3) is 0 Å². The molecule has 0 saturated carbocycles. The van der Waals surface area contributed by atoms with Gasteiger partial charge in [-0.3, -0.25) is 0 Å². The van der Waals surface area contributed by atoms with E-state index in [2.05, 4.69) is 97.8 Å². The van der Waals surface area contributed by atoms with Gasteiger partial charge in [0.05, 0.1) is 0 Å². The van der Waals surface area contributed by atoms with Crippen molar-refractivity contribution in [3.63, 3.8) is 0 Å². The van der Waals surface area contributed by atoms with E-state index in [4.69, 9.17) is 0 Å². The summed E-state index contributed by atoms with van der Waals surface area (Å²) in [5.74, 6) is 0. The number of aromatic amines is 6. The van der Waals surface area contributed by atoms with Crippen LogP contribution in [0, 0.1) is 38.0 Å². The second kappa shape index (κ2) is 23.8. The Hall–Kier alpha value is -4.23. The van der Waals surface area contributed by atoms with Crippen LogP contribution in [0.5, 0.6) is 0 Å². The Labute approximate surface area is 189 Å². The number of hydrogen-bond donors (Lipinski definition) is 6. The summed E-state index contributed by atoms with van der Waals surface area (Å²) in [6.45, 7) is 0. The van der Waals surface area contributed by atoms with Crippen LogP contribution in [0.15, 0.2) is 74.4 Å². The van der Waals surface area contributed by atoms with Gasteiger partial charge in [-0.1, -0.05) is 0 Å². The molecule has 0 aliphatic carbocycles. The van der Waals surface area contributed by atoms with Gasteiger partial charge in [0, 0.05) is 16.8 Å². The molecule has 0 amide bonds. The molecule has 6 aromatic rings. The van der Waals surface area contributed by atoms with Gasteiger partial charge in [-0.2, -0.15) is 0 Å². The second-order valence-electron chi connectivity index (χ2n) is 4.21. The average Bonchev–Trinajstić information content (AvgIpc) is 3.69. The predicted molar refractivity (Wildman–Crippen MR) is 105 cm³/mol. The van der Waals surface area contributed by atoms with Crippen LogP contribution in [0.2, 0.25) is 0 Å². The monoisotopic (exact) mass is 461 g/mol. The zero-order valence-corrected chi connectivity index (χ0v) is 17.0. The Morgan fingerprint density at radius 2 is 0.484 bits per heavy atom. The first-order chi connectivity index (χ1) is 15.0. The van der Waals surface area contributed by atoms with E-state index >= 15 is 0 Å². The number of hydrogen-bond acceptors (Lipinski definition) is 6. The number of imidazole rings is 6. The molecule has 12 nitrogen and oxygen atoms in total. The summed E-state index contributed by atoms with van der Waals surface area (Å²) in [4.78, 5) is 37.0. The number of nitrogens with one attached hydrogen (secondary N) is 6. The SMILES string of the molecule is [Co].[c-]1ncc[nH]1.[c-]1ncc[nH]1.[c-]1ncc[nH]1.[c-]1ncc[nH]1.[c-]1ncc[nH]1.[c-]1ncc[nH]1. The van der Waals surface area contributed by atoms with Crippen molar-refractivity contribution < 1.29 is 16.8 Å². The molecule has 0 fully saturated rings. The normalized spacial score (nSPS) is 7.74. The molecule has 6 heterocycles. The van der Waals surface area contributed by atoms with Crippen LogP contribution in [0.25, 0.3) is 0 Å². The summed E-state index contributed by atoms with van der Waals surface area (Å²) in [6.07, 6.45) is 35.0. The van der Waals surface area contributed by atoms with Crippen LogP contribution in [-0.2, 0) is 16.8 Å². The third kappa shape index (κ3) is 21.9. The topological polar surface area (TPSA) is 172 Å². The Kier molecular flexibility index (Phi) is 20.6. The molecule has 0 aliphatic rings. The summed E-state index contributed by atoms with van der Waals surface area (Å²) in [5.41, 5.74) is 0. The molecule has 0 unspecified atom stereocenters. The van der Waals surface area contributed by atoms with E-state index in [-0.39, 0.29) is 16.8 Å². The van der Waals surface area contributed by atoms with Gasteiger partial charge < -0.3 is 59.8 Å². The van der Waals surface area contributed by atoms with Crippen molar-refractivity contribution >= 4 is 0 Å². The molecular weight excluding hydrogens is 443 g/mol. The van der Waals surface area contributed by atoms with Crippen LogP contribution in [0.1, 0.15) is 0 Å². The Morgan fingerprint density at radius 3 is 0.516 bits per heavy atom. The fraction of sp³-hybridized carbons (Fsp3) is 0. The van der Waals surface area contributed by atoms with E-state index < -0.39 is 0 Å². The first kappa shape index (κ1) is 26.8. The summed E-state index contributed by atoms with van der Waals surface area (Å²) in [7, 11) is 0. The number of aromatic nitrogens is 12. The van der Waals surface area contributed by atoms with Crippen molar-refractivity contribution in [3.05, 3.63) is 112 Å². The third-order valence-corrected chi connectivity index (χ3v) is 2.17. The molecule has 0 atom stereocenters. The molecule has 6 N–H and O–H groups in total. The van der Waals surface area contributed by atoms with Crippen molar-refractivity contribution in [2.75, 3.05) is 0 Å². The third-order valence-electron chi connectivity index (χ3n) is 2.17. The summed E-state index contributed by atoms with van der Waals surface area (Å²) < 4.78 is 0. The van der Waals surface area contributed by atoms with Crippen LogP contribution in [0.4, 0.5) is 0 Å². The molecule has 0 aliphatic heterocycles. The van der Waals surface area contributed by atoms with E-state index in [0.717, 1.165) is 0 Å². The molecule has 13 heteroatoms. The number of nitrogens with zero attached hydrogens (tertiary/aromatic N) is 6. The van der Waals surface area contributed by atoms with Gasteiger partial charge in [-0.05, 0) is 38.0 Å². The summed E-state index contributed by atoms with van der Waals surface area (Å²) in [6, 6.07) is 0. The molecule has 1 radical (unpaired) electrons.